The Hall–Kier alpha value is -2.60. The third-order valence-corrected chi connectivity index (χ3v) is 5.04. The fourth-order valence-electron chi connectivity index (χ4n) is 3.64. The topological polar surface area (TPSA) is 71.4 Å². The van der Waals surface area contributed by atoms with Crippen LogP contribution in [-0.2, 0) is 12.8 Å². The number of aromatic hydroxyl groups is 2. The number of hydrogen-bond acceptors (Lipinski definition) is 6. The van der Waals surface area contributed by atoms with E-state index in [0.717, 1.165) is 29.7 Å². The van der Waals surface area contributed by atoms with Crippen LogP contribution >= 0.6 is 0 Å². The third-order valence-electron chi connectivity index (χ3n) is 5.04. The molecule has 2 aromatic rings. The molecule has 0 bridgehead atoms. The normalized spacial score (nSPS) is 16.8. The van der Waals surface area contributed by atoms with Gasteiger partial charge < -0.3 is 24.4 Å². The summed E-state index contributed by atoms with van der Waals surface area (Å²) in [5.41, 5.74) is 3.05. The minimum Gasteiger partial charge on any atom is -0.504 e. The molecule has 140 valence electrons. The Bertz CT molecular complexity index is 805. The first-order chi connectivity index (χ1) is 12.5. The predicted octanol–water partition coefficient (Wildman–Crippen LogP) is 2.90. The molecule has 0 spiro atoms. The number of phenols is 2. The van der Waals surface area contributed by atoms with Gasteiger partial charge in [0.25, 0.3) is 0 Å². The first kappa shape index (κ1) is 18.2. The van der Waals surface area contributed by atoms with E-state index < -0.39 is 0 Å². The van der Waals surface area contributed by atoms with Gasteiger partial charge in [-0.15, -0.1) is 0 Å². The number of hydrogen-bond donors (Lipinski definition) is 2. The number of likely N-dealkylation sites (N-methyl/N-ethyl adjacent to an activating group) is 1. The van der Waals surface area contributed by atoms with Crippen molar-refractivity contribution < 1.29 is 24.4 Å². The van der Waals surface area contributed by atoms with Gasteiger partial charge in [0.2, 0.25) is 5.75 Å². The van der Waals surface area contributed by atoms with Gasteiger partial charge in [-0.05, 0) is 49.2 Å². The number of ether oxygens (including phenoxy) is 3. The van der Waals surface area contributed by atoms with E-state index in [4.69, 9.17) is 14.2 Å². The lowest BCUT2D eigenvalue weighted by atomic mass is 9.87. The zero-order valence-corrected chi connectivity index (χ0v) is 15.6. The van der Waals surface area contributed by atoms with Crippen molar-refractivity contribution in [1.29, 1.82) is 0 Å². The molecule has 2 N–H and O–H groups in total. The SMILES string of the molecule is COc1ccc(CC2c3c(cc(OC)c(O)c3OC)CCN2C)cc1O. The molecule has 6 nitrogen and oxygen atoms in total. The maximum atomic E-state index is 10.5. The smallest absolute Gasteiger partial charge is 0.201 e. The summed E-state index contributed by atoms with van der Waals surface area (Å²) in [5.74, 6) is 1.46. The van der Waals surface area contributed by atoms with Crippen LogP contribution in [0.4, 0.5) is 0 Å². The summed E-state index contributed by atoms with van der Waals surface area (Å²) in [6.07, 6.45) is 1.52. The summed E-state index contributed by atoms with van der Waals surface area (Å²) in [6.45, 7) is 0.886. The van der Waals surface area contributed by atoms with Crippen molar-refractivity contribution in [2.45, 2.75) is 18.9 Å². The van der Waals surface area contributed by atoms with Gasteiger partial charge in [-0.3, -0.25) is 4.90 Å². The first-order valence-corrected chi connectivity index (χ1v) is 8.53. The molecule has 26 heavy (non-hydrogen) atoms. The molecule has 1 unspecified atom stereocenters. The van der Waals surface area contributed by atoms with Gasteiger partial charge in [0.15, 0.2) is 23.0 Å². The molecular weight excluding hydrogens is 334 g/mol. The van der Waals surface area contributed by atoms with Crippen molar-refractivity contribution in [3.05, 3.63) is 41.0 Å². The van der Waals surface area contributed by atoms with Gasteiger partial charge in [0, 0.05) is 18.2 Å². The maximum Gasteiger partial charge on any atom is 0.201 e. The van der Waals surface area contributed by atoms with Gasteiger partial charge in [0.05, 0.1) is 21.3 Å². The summed E-state index contributed by atoms with van der Waals surface area (Å²) in [7, 11) is 6.67. The van der Waals surface area contributed by atoms with Crippen LogP contribution in [0.1, 0.15) is 22.7 Å². The Labute approximate surface area is 153 Å². The number of phenolic OH excluding ortho intramolecular Hbond substituents is 2. The lowest BCUT2D eigenvalue weighted by molar-refractivity contribution is 0.219. The number of rotatable bonds is 5. The zero-order valence-electron chi connectivity index (χ0n) is 15.6. The number of fused-ring (bicyclic) bond motifs is 1. The summed E-state index contributed by atoms with van der Waals surface area (Å²) in [5, 5.41) is 20.6. The molecule has 0 saturated heterocycles. The largest absolute Gasteiger partial charge is 0.504 e. The lowest BCUT2D eigenvalue weighted by Gasteiger charge is -2.36. The zero-order chi connectivity index (χ0) is 18.8. The van der Waals surface area contributed by atoms with Crippen molar-refractivity contribution in [3.63, 3.8) is 0 Å². The van der Waals surface area contributed by atoms with Crippen molar-refractivity contribution in [2.24, 2.45) is 0 Å². The van der Waals surface area contributed by atoms with Crippen LogP contribution in [0, 0.1) is 0 Å². The molecule has 6 heteroatoms. The first-order valence-electron chi connectivity index (χ1n) is 8.53. The lowest BCUT2D eigenvalue weighted by Crippen LogP contribution is -2.33. The van der Waals surface area contributed by atoms with Crippen LogP contribution in [0.15, 0.2) is 24.3 Å². The highest BCUT2D eigenvalue weighted by atomic mass is 16.5. The molecule has 1 heterocycles. The summed E-state index contributed by atoms with van der Waals surface area (Å²) >= 11 is 0. The number of benzene rings is 2. The average molecular weight is 359 g/mol. The standard InChI is InChI=1S/C20H25NO5/c1-21-8-7-13-11-17(25-3)19(23)20(26-4)18(13)14(21)9-12-5-6-16(24-2)15(22)10-12/h5-6,10-11,14,22-23H,7-9H2,1-4H3. The monoisotopic (exact) mass is 359 g/mol. The predicted molar refractivity (Wildman–Crippen MR) is 98.6 cm³/mol. The van der Waals surface area contributed by atoms with E-state index in [1.165, 1.54) is 14.2 Å². The number of methoxy groups -OCH3 is 3. The van der Waals surface area contributed by atoms with E-state index in [1.807, 2.05) is 12.1 Å². The highest BCUT2D eigenvalue weighted by Crippen LogP contribution is 2.47. The van der Waals surface area contributed by atoms with Gasteiger partial charge in [-0.25, -0.2) is 0 Å². The fourth-order valence-corrected chi connectivity index (χ4v) is 3.64. The molecule has 0 saturated carbocycles. The molecule has 0 aromatic heterocycles. The molecule has 1 atom stereocenters. The summed E-state index contributed by atoms with van der Waals surface area (Å²) < 4.78 is 15.9. The van der Waals surface area contributed by atoms with Crippen molar-refractivity contribution in [1.82, 2.24) is 4.90 Å². The van der Waals surface area contributed by atoms with Crippen LogP contribution in [0.5, 0.6) is 28.7 Å². The van der Waals surface area contributed by atoms with Crippen LogP contribution in [-0.4, -0.2) is 50.0 Å². The Morgan fingerprint density at radius 1 is 1.04 bits per heavy atom. The van der Waals surface area contributed by atoms with Gasteiger partial charge in [-0.2, -0.15) is 0 Å². The molecular formula is C20H25NO5. The van der Waals surface area contributed by atoms with Crippen molar-refractivity contribution in [3.8, 4) is 28.7 Å². The summed E-state index contributed by atoms with van der Waals surface area (Å²) in [6, 6.07) is 7.32. The Morgan fingerprint density at radius 2 is 1.77 bits per heavy atom. The van der Waals surface area contributed by atoms with Crippen LogP contribution in [0.3, 0.4) is 0 Å². The molecule has 0 fully saturated rings. The van der Waals surface area contributed by atoms with Crippen molar-refractivity contribution in [2.75, 3.05) is 34.9 Å². The van der Waals surface area contributed by atoms with E-state index in [2.05, 4.69) is 11.9 Å². The third kappa shape index (κ3) is 3.12. The van der Waals surface area contributed by atoms with E-state index in [9.17, 15) is 10.2 Å². The maximum absolute atomic E-state index is 10.5. The minimum atomic E-state index is 0.0123. The Morgan fingerprint density at radius 3 is 2.38 bits per heavy atom. The molecule has 0 amide bonds. The highest BCUT2D eigenvalue weighted by molar-refractivity contribution is 5.60. The second-order valence-corrected chi connectivity index (χ2v) is 6.49. The van der Waals surface area contributed by atoms with Crippen molar-refractivity contribution >= 4 is 0 Å². The second-order valence-electron chi connectivity index (χ2n) is 6.49. The van der Waals surface area contributed by atoms with Crippen LogP contribution < -0.4 is 14.2 Å². The van der Waals surface area contributed by atoms with Crippen LogP contribution in [0.2, 0.25) is 0 Å². The molecule has 2 aromatic carbocycles. The Balaban J connectivity index is 2.04. The fraction of sp³-hybridized carbons (Fsp3) is 0.400. The molecule has 0 aliphatic carbocycles. The van der Waals surface area contributed by atoms with Gasteiger partial charge in [-0.1, -0.05) is 6.07 Å². The Kier molecular flexibility index (Phi) is 5.13. The quantitative estimate of drug-likeness (QED) is 0.855. The average Bonchev–Trinajstić information content (AvgIpc) is 2.64. The summed E-state index contributed by atoms with van der Waals surface area (Å²) in [4.78, 5) is 2.23. The van der Waals surface area contributed by atoms with E-state index in [-0.39, 0.29) is 17.5 Å². The van der Waals surface area contributed by atoms with E-state index in [1.54, 1.807) is 19.2 Å². The van der Waals surface area contributed by atoms with Crippen LogP contribution in [0.25, 0.3) is 0 Å². The van der Waals surface area contributed by atoms with E-state index >= 15 is 0 Å². The van der Waals surface area contributed by atoms with Gasteiger partial charge in [0.1, 0.15) is 0 Å². The minimum absolute atomic E-state index is 0.0123. The van der Waals surface area contributed by atoms with E-state index in [0.29, 0.717) is 23.7 Å². The van der Waals surface area contributed by atoms with Gasteiger partial charge >= 0.3 is 0 Å². The molecule has 1 aliphatic heterocycles. The number of nitrogens with zero attached hydrogens (tertiary/aromatic N) is 1. The molecule has 0 radical (unpaired) electrons. The molecule has 3 rings (SSSR count). The highest BCUT2D eigenvalue weighted by Gasteiger charge is 2.31. The second kappa shape index (κ2) is 7.33. The molecule has 1 aliphatic rings.